The smallest absolute Gasteiger partial charge is 0.252 e. The van der Waals surface area contributed by atoms with Gasteiger partial charge in [-0.2, -0.15) is 0 Å². The van der Waals surface area contributed by atoms with Gasteiger partial charge in [-0.05, 0) is 79.6 Å². The van der Waals surface area contributed by atoms with Crippen LogP contribution in [0.5, 0.6) is 0 Å². The zero-order chi connectivity index (χ0) is 24.4. The monoisotopic (exact) mass is 478 g/mol. The maximum absolute atomic E-state index is 13.2. The first-order valence-electron chi connectivity index (χ1n) is 13.3. The molecule has 2 aromatic heterocycles. The molecule has 0 bridgehead atoms. The van der Waals surface area contributed by atoms with Crippen LogP contribution in [0.3, 0.4) is 0 Å². The minimum atomic E-state index is -0.00268. The fraction of sp³-hybridized carbons (Fsp3) is 0.630. The number of tetrazole rings is 1. The molecule has 5 rings (SSSR count). The lowest BCUT2D eigenvalue weighted by Crippen LogP contribution is -2.41. The fourth-order valence-corrected chi connectivity index (χ4v) is 6.06. The van der Waals surface area contributed by atoms with Crippen molar-refractivity contribution in [2.45, 2.75) is 103 Å². The standard InChI is InChI=1S/C27H38N6O2/c1-4-25(26-29-30-31-33(26)17-22-11-8-12-35-22)32(21-9-6-5-7-10-21)16-20-15-23-19(3)13-18(2)14-24(23)28-27(20)34/h13-15,21-22,25H,4-12,16-17H2,1-3H3,(H,28,34)/t22-,25+/m0/s1. The lowest BCUT2D eigenvalue weighted by Gasteiger charge is -2.39. The van der Waals surface area contributed by atoms with Crippen molar-refractivity contribution in [3.05, 3.63) is 51.1 Å². The highest BCUT2D eigenvalue weighted by Crippen LogP contribution is 2.33. The molecule has 1 aliphatic heterocycles. The summed E-state index contributed by atoms with van der Waals surface area (Å²) in [6, 6.07) is 6.79. The summed E-state index contributed by atoms with van der Waals surface area (Å²) in [5.74, 6) is 0.887. The van der Waals surface area contributed by atoms with Crippen LogP contribution in [0.25, 0.3) is 10.9 Å². The van der Waals surface area contributed by atoms with E-state index in [1.54, 1.807) is 0 Å². The number of rotatable bonds is 8. The van der Waals surface area contributed by atoms with E-state index < -0.39 is 0 Å². The fourth-order valence-electron chi connectivity index (χ4n) is 6.06. The summed E-state index contributed by atoms with van der Waals surface area (Å²) >= 11 is 0. The van der Waals surface area contributed by atoms with Crippen molar-refractivity contribution in [1.29, 1.82) is 0 Å². The Hall–Kier alpha value is -2.58. The SMILES string of the molecule is CC[C@H](c1nnnn1C[C@@H]1CCCO1)N(Cc1cc2c(C)cc(C)cc2[nH]c1=O)C1CCCCC1. The highest BCUT2D eigenvalue weighted by atomic mass is 16.5. The van der Waals surface area contributed by atoms with Crippen molar-refractivity contribution < 1.29 is 4.74 Å². The van der Waals surface area contributed by atoms with E-state index in [1.165, 1.54) is 24.8 Å². The summed E-state index contributed by atoms with van der Waals surface area (Å²) in [5.41, 5.74) is 4.07. The second-order valence-electron chi connectivity index (χ2n) is 10.4. The zero-order valence-corrected chi connectivity index (χ0v) is 21.3. The van der Waals surface area contributed by atoms with E-state index in [9.17, 15) is 4.79 Å². The average Bonchev–Trinajstić information content (AvgIpc) is 3.53. The Morgan fingerprint density at radius 1 is 1.14 bits per heavy atom. The summed E-state index contributed by atoms with van der Waals surface area (Å²) in [5, 5.41) is 14.0. The number of benzene rings is 1. The van der Waals surface area contributed by atoms with Gasteiger partial charge >= 0.3 is 0 Å². The summed E-state index contributed by atoms with van der Waals surface area (Å²) in [6.45, 7) is 8.47. The zero-order valence-electron chi connectivity index (χ0n) is 21.3. The lowest BCUT2D eigenvalue weighted by molar-refractivity contribution is 0.0734. The first kappa shape index (κ1) is 24.1. The normalized spacial score (nSPS) is 20.2. The van der Waals surface area contributed by atoms with Crippen molar-refractivity contribution in [2.24, 2.45) is 0 Å². The molecule has 0 amide bonds. The maximum Gasteiger partial charge on any atom is 0.252 e. The summed E-state index contributed by atoms with van der Waals surface area (Å²) < 4.78 is 7.81. The molecule has 8 heteroatoms. The van der Waals surface area contributed by atoms with Gasteiger partial charge in [0, 0.05) is 35.7 Å². The third-order valence-electron chi connectivity index (χ3n) is 7.83. The summed E-state index contributed by atoms with van der Waals surface area (Å²) in [7, 11) is 0. The predicted octanol–water partition coefficient (Wildman–Crippen LogP) is 4.60. The molecule has 2 aliphatic rings. The van der Waals surface area contributed by atoms with Crippen molar-refractivity contribution in [2.75, 3.05) is 6.61 Å². The number of H-pyrrole nitrogens is 1. The number of nitrogens with zero attached hydrogens (tertiary/aromatic N) is 5. The second-order valence-corrected chi connectivity index (χ2v) is 10.4. The van der Waals surface area contributed by atoms with E-state index in [1.807, 2.05) is 4.68 Å². The van der Waals surface area contributed by atoms with Gasteiger partial charge in [0.15, 0.2) is 5.82 Å². The molecule has 0 spiro atoms. The van der Waals surface area contributed by atoms with Gasteiger partial charge in [0.05, 0.1) is 18.7 Å². The quantitative estimate of drug-likeness (QED) is 0.509. The van der Waals surface area contributed by atoms with Crippen LogP contribution in [0.1, 0.15) is 86.8 Å². The highest BCUT2D eigenvalue weighted by Gasteiger charge is 2.32. The molecular weight excluding hydrogens is 440 g/mol. The number of aromatic nitrogens is 5. The molecule has 3 aromatic rings. The summed E-state index contributed by atoms with van der Waals surface area (Å²) in [6.07, 6.45) is 9.23. The average molecular weight is 479 g/mol. The van der Waals surface area contributed by atoms with Crippen LogP contribution in [-0.4, -0.2) is 48.8 Å². The molecule has 1 N–H and O–H groups in total. The van der Waals surface area contributed by atoms with Crippen LogP contribution in [0, 0.1) is 13.8 Å². The molecule has 0 unspecified atom stereocenters. The Morgan fingerprint density at radius 3 is 2.71 bits per heavy atom. The second kappa shape index (κ2) is 10.6. The molecule has 1 aliphatic carbocycles. The molecule has 188 valence electrons. The van der Waals surface area contributed by atoms with Crippen LogP contribution in [0.2, 0.25) is 0 Å². The van der Waals surface area contributed by atoms with Gasteiger partial charge in [-0.15, -0.1) is 5.10 Å². The third-order valence-corrected chi connectivity index (χ3v) is 7.83. The number of ether oxygens (including phenoxy) is 1. The topological polar surface area (TPSA) is 88.9 Å². The van der Waals surface area contributed by atoms with Crippen LogP contribution >= 0.6 is 0 Å². The number of aromatic amines is 1. The Labute approximate surface area is 207 Å². The van der Waals surface area contributed by atoms with Gasteiger partial charge in [-0.1, -0.05) is 32.3 Å². The van der Waals surface area contributed by atoms with Crippen molar-refractivity contribution in [3.63, 3.8) is 0 Å². The Morgan fingerprint density at radius 2 is 1.97 bits per heavy atom. The van der Waals surface area contributed by atoms with E-state index in [0.29, 0.717) is 19.1 Å². The van der Waals surface area contributed by atoms with E-state index in [2.05, 4.69) is 64.4 Å². The van der Waals surface area contributed by atoms with Crippen LogP contribution < -0.4 is 5.56 Å². The number of fused-ring (bicyclic) bond motifs is 1. The molecule has 1 saturated heterocycles. The number of pyridine rings is 1. The minimum absolute atomic E-state index is 0.00268. The molecule has 2 atom stereocenters. The van der Waals surface area contributed by atoms with Gasteiger partial charge in [-0.3, -0.25) is 9.69 Å². The van der Waals surface area contributed by atoms with E-state index in [-0.39, 0.29) is 17.7 Å². The first-order valence-corrected chi connectivity index (χ1v) is 13.3. The third kappa shape index (κ3) is 5.19. The molecular formula is C27H38N6O2. The van der Waals surface area contributed by atoms with E-state index in [4.69, 9.17) is 4.74 Å². The van der Waals surface area contributed by atoms with Gasteiger partial charge < -0.3 is 9.72 Å². The number of hydrogen-bond acceptors (Lipinski definition) is 6. The Bertz CT molecular complexity index is 1210. The molecule has 3 heterocycles. The number of aryl methyl sites for hydroxylation is 2. The highest BCUT2D eigenvalue weighted by molar-refractivity contribution is 5.83. The van der Waals surface area contributed by atoms with Gasteiger partial charge in [0.25, 0.3) is 5.56 Å². The molecule has 2 fully saturated rings. The van der Waals surface area contributed by atoms with Gasteiger partial charge in [0.2, 0.25) is 0 Å². The molecule has 1 saturated carbocycles. The predicted molar refractivity (Wildman–Crippen MR) is 136 cm³/mol. The van der Waals surface area contributed by atoms with E-state index in [0.717, 1.165) is 66.6 Å². The number of hydrogen-bond donors (Lipinski definition) is 1. The molecule has 1 aromatic carbocycles. The van der Waals surface area contributed by atoms with E-state index >= 15 is 0 Å². The van der Waals surface area contributed by atoms with Gasteiger partial charge in [-0.25, -0.2) is 4.68 Å². The molecule has 0 radical (unpaired) electrons. The largest absolute Gasteiger partial charge is 0.376 e. The Kier molecular flexibility index (Phi) is 7.29. The lowest BCUT2D eigenvalue weighted by atomic mass is 9.92. The van der Waals surface area contributed by atoms with Crippen LogP contribution in [-0.2, 0) is 17.8 Å². The van der Waals surface area contributed by atoms with Crippen LogP contribution in [0.4, 0.5) is 0 Å². The van der Waals surface area contributed by atoms with Crippen LogP contribution in [0.15, 0.2) is 23.0 Å². The summed E-state index contributed by atoms with van der Waals surface area (Å²) in [4.78, 5) is 18.9. The molecule has 8 nitrogen and oxygen atoms in total. The number of nitrogens with one attached hydrogen (secondary N) is 1. The van der Waals surface area contributed by atoms with Crippen molar-refractivity contribution in [1.82, 2.24) is 30.1 Å². The van der Waals surface area contributed by atoms with Crippen molar-refractivity contribution in [3.8, 4) is 0 Å². The molecule has 35 heavy (non-hydrogen) atoms. The first-order chi connectivity index (χ1) is 17.0. The maximum atomic E-state index is 13.2. The Balaban J connectivity index is 1.50. The van der Waals surface area contributed by atoms with Gasteiger partial charge in [0.1, 0.15) is 0 Å². The van der Waals surface area contributed by atoms with Crippen molar-refractivity contribution >= 4 is 10.9 Å². The minimum Gasteiger partial charge on any atom is -0.376 e.